The Bertz CT molecular complexity index is 366. The van der Waals surface area contributed by atoms with E-state index in [9.17, 15) is 9.59 Å². The van der Waals surface area contributed by atoms with Gasteiger partial charge in [0, 0.05) is 18.9 Å². The maximum absolute atomic E-state index is 12.1. The highest BCUT2D eigenvalue weighted by atomic mass is 16.6. The van der Waals surface area contributed by atoms with Gasteiger partial charge >= 0.3 is 12.1 Å². The molecule has 1 atom stereocenters. The van der Waals surface area contributed by atoms with Gasteiger partial charge in [0.2, 0.25) is 5.72 Å². The van der Waals surface area contributed by atoms with E-state index in [2.05, 4.69) is 5.32 Å². The van der Waals surface area contributed by atoms with E-state index in [1.54, 1.807) is 4.90 Å². The predicted molar refractivity (Wildman–Crippen MR) is 68.4 cm³/mol. The summed E-state index contributed by atoms with van der Waals surface area (Å²) in [5.74, 6) is -0.399. The van der Waals surface area contributed by atoms with Crippen LogP contribution in [0.2, 0.25) is 0 Å². The predicted octanol–water partition coefficient (Wildman–Crippen LogP) is 1.11. The summed E-state index contributed by atoms with van der Waals surface area (Å²) in [6.07, 6.45) is 1.33. The Balaban J connectivity index is 2.28. The molecule has 0 aromatic rings. The Hall–Kier alpha value is -1.30. The smallest absolute Gasteiger partial charge is 0.413 e. The first-order valence-corrected chi connectivity index (χ1v) is 6.84. The highest BCUT2D eigenvalue weighted by Crippen LogP contribution is 2.36. The molecule has 0 saturated carbocycles. The average molecular weight is 270 g/mol. The molecular weight excluding hydrogens is 248 g/mol. The third-order valence-corrected chi connectivity index (χ3v) is 3.90. The number of amides is 1. The molecule has 2 fully saturated rings. The number of rotatable bonds is 3. The van der Waals surface area contributed by atoms with E-state index in [1.165, 1.54) is 6.92 Å². The number of esters is 1. The summed E-state index contributed by atoms with van der Waals surface area (Å²) in [6, 6.07) is 0.0676. The van der Waals surface area contributed by atoms with Gasteiger partial charge in [-0.3, -0.25) is 9.69 Å². The van der Waals surface area contributed by atoms with Crippen molar-refractivity contribution in [3.05, 3.63) is 0 Å². The lowest BCUT2D eigenvalue weighted by atomic mass is 9.94. The largest absolute Gasteiger partial charge is 0.443 e. The second-order valence-corrected chi connectivity index (χ2v) is 5.50. The molecule has 6 nitrogen and oxygen atoms in total. The van der Waals surface area contributed by atoms with Crippen LogP contribution in [0, 0.1) is 5.92 Å². The van der Waals surface area contributed by atoms with Gasteiger partial charge in [-0.2, -0.15) is 0 Å². The molecule has 2 heterocycles. The number of ether oxygens (including phenoxy) is 2. The lowest BCUT2D eigenvalue weighted by Crippen LogP contribution is -2.59. The molecule has 2 aliphatic heterocycles. The van der Waals surface area contributed by atoms with E-state index in [1.807, 2.05) is 13.8 Å². The summed E-state index contributed by atoms with van der Waals surface area (Å²) in [5, 5.41) is 3.26. The summed E-state index contributed by atoms with van der Waals surface area (Å²) in [4.78, 5) is 25.1. The third-order valence-electron chi connectivity index (χ3n) is 3.90. The van der Waals surface area contributed by atoms with Crippen molar-refractivity contribution in [1.82, 2.24) is 10.2 Å². The third kappa shape index (κ3) is 2.54. The maximum Gasteiger partial charge on any atom is 0.413 e. The molecule has 0 unspecified atom stereocenters. The number of carbonyl (C=O) groups is 2. The zero-order chi connectivity index (χ0) is 14.0. The van der Waals surface area contributed by atoms with Crippen molar-refractivity contribution in [2.45, 2.75) is 45.4 Å². The standard InChI is InChI=1S/C13H22N2O4/c1-9(2)13(19-10(3)16)8-18-12(17)15(13)11-4-6-14-7-5-11/h9,11,14H,4-8H2,1-3H3/t13-/m0/s1. The Morgan fingerprint density at radius 3 is 2.63 bits per heavy atom. The topological polar surface area (TPSA) is 67.9 Å². The molecule has 0 aromatic carbocycles. The zero-order valence-corrected chi connectivity index (χ0v) is 11.8. The second kappa shape index (κ2) is 5.36. The van der Waals surface area contributed by atoms with E-state index in [0.717, 1.165) is 25.9 Å². The van der Waals surface area contributed by atoms with Crippen molar-refractivity contribution >= 4 is 12.1 Å². The molecule has 108 valence electrons. The van der Waals surface area contributed by atoms with Crippen LogP contribution < -0.4 is 5.32 Å². The van der Waals surface area contributed by atoms with E-state index < -0.39 is 5.72 Å². The van der Waals surface area contributed by atoms with Gasteiger partial charge < -0.3 is 14.8 Å². The molecule has 1 amide bonds. The quantitative estimate of drug-likeness (QED) is 0.778. The molecule has 19 heavy (non-hydrogen) atoms. The number of nitrogens with zero attached hydrogens (tertiary/aromatic N) is 1. The number of cyclic esters (lactones) is 1. The van der Waals surface area contributed by atoms with Crippen molar-refractivity contribution < 1.29 is 19.1 Å². The van der Waals surface area contributed by atoms with Crippen LogP contribution in [0.4, 0.5) is 4.79 Å². The minimum Gasteiger partial charge on any atom is -0.443 e. The summed E-state index contributed by atoms with van der Waals surface area (Å²) in [6.45, 7) is 7.10. The molecule has 6 heteroatoms. The lowest BCUT2D eigenvalue weighted by molar-refractivity contribution is -0.186. The second-order valence-electron chi connectivity index (χ2n) is 5.50. The van der Waals surface area contributed by atoms with Crippen molar-refractivity contribution in [1.29, 1.82) is 0 Å². The van der Waals surface area contributed by atoms with Crippen LogP contribution in [0.25, 0.3) is 0 Å². The van der Waals surface area contributed by atoms with Crippen LogP contribution in [-0.4, -0.2) is 48.4 Å². The van der Waals surface area contributed by atoms with Gasteiger partial charge in [0.25, 0.3) is 0 Å². The molecule has 2 saturated heterocycles. The zero-order valence-electron chi connectivity index (χ0n) is 11.8. The first-order chi connectivity index (χ1) is 8.97. The summed E-state index contributed by atoms with van der Waals surface area (Å²) in [7, 11) is 0. The molecule has 0 radical (unpaired) electrons. The van der Waals surface area contributed by atoms with Gasteiger partial charge in [-0.15, -0.1) is 0 Å². The van der Waals surface area contributed by atoms with Gasteiger partial charge in [0.15, 0.2) is 6.61 Å². The van der Waals surface area contributed by atoms with Crippen LogP contribution >= 0.6 is 0 Å². The summed E-state index contributed by atoms with van der Waals surface area (Å²) >= 11 is 0. The number of nitrogens with one attached hydrogen (secondary N) is 1. The van der Waals surface area contributed by atoms with Crippen molar-refractivity contribution in [3.8, 4) is 0 Å². The van der Waals surface area contributed by atoms with Crippen LogP contribution in [-0.2, 0) is 14.3 Å². The SMILES string of the molecule is CC(=O)O[C@]1(C(C)C)COC(=O)N1C1CCNCC1. The van der Waals surface area contributed by atoms with Gasteiger partial charge in [0.1, 0.15) is 0 Å². The van der Waals surface area contributed by atoms with Crippen molar-refractivity contribution in [3.63, 3.8) is 0 Å². The van der Waals surface area contributed by atoms with E-state index in [-0.39, 0.29) is 30.6 Å². The number of hydrogen-bond donors (Lipinski definition) is 1. The summed E-state index contributed by atoms with van der Waals surface area (Å²) < 4.78 is 10.7. The molecule has 2 aliphatic rings. The highest BCUT2D eigenvalue weighted by molar-refractivity contribution is 5.73. The normalized spacial score (nSPS) is 28.6. The number of hydrogen-bond acceptors (Lipinski definition) is 5. The van der Waals surface area contributed by atoms with Gasteiger partial charge in [0.05, 0.1) is 0 Å². The van der Waals surface area contributed by atoms with Crippen molar-refractivity contribution in [2.24, 2.45) is 5.92 Å². The van der Waals surface area contributed by atoms with E-state index >= 15 is 0 Å². The molecule has 0 bridgehead atoms. The van der Waals surface area contributed by atoms with Gasteiger partial charge in [-0.05, 0) is 25.9 Å². The Kier molecular flexibility index (Phi) is 3.99. The Morgan fingerprint density at radius 1 is 1.47 bits per heavy atom. The molecule has 0 aliphatic carbocycles. The Labute approximate surface area is 113 Å². The monoisotopic (exact) mass is 270 g/mol. The summed E-state index contributed by atoms with van der Waals surface area (Å²) in [5.41, 5.74) is -0.953. The fourth-order valence-corrected chi connectivity index (χ4v) is 2.87. The first kappa shape index (κ1) is 14.1. The molecule has 0 aromatic heterocycles. The average Bonchev–Trinajstić information content (AvgIpc) is 2.68. The van der Waals surface area contributed by atoms with Crippen molar-refractivity contribution in [2.75, 3.05) is 19.7 Å². The number of carbonyl (C=O) groups excluding carboxylic acids is 2. The molecule has 1 N–H and O–H groups in total. The van der Waals surface area contributed by atoms with E-state index in [0.29, 0.717) is 0 Å². The lowest BCUT2D eigenvalue weighted by Gasteiger charge is -2.43. The fourth-order valence-electron chi connectivity index (χ4n) is 2.87. The minimum absolute atomic E-state index is 0.0160. The van der Waals surface area contributed by atoms with Crippen LogP contribution in [0.3, 0.4) is 0 Å². The minimum atomic E-state index is -0.953. The molecule has 2 rings (SSSR count). The van der Waals surface area contributed by atoms with Crippen LogP contribution in [0.5, 0.6) is 0 Å². The van der Waals surface area contributed by atoms with Crippen LogP contribution in [0.1, 0.15) is 33.6 Å². The first-order valence-electron chi connectivity index (χ1n) is 6.84. The van der Waals surface area contributed by atoms with E-state index in [4.69, 9.17) is 9.47 Å². The van der Waals surface area contributed by atoms with Gasteiger partial charge in [-0.1, -0.05) is 13.8 Å². The highest BCUT2D eigenvalue weighted by Gasteiger charge is 2.55. The molecular formula is C13H22N2O4. The van der Waals surface area contributed by atoms with Crippen LogP contribution in [0.15, 0.2) is 0 Å². The van der Waals surface area contributed by atoms with Gasteiger partial charge in [-0.25, -0.2) is 4.79 Å². The number of piperidine rings is 1. The fraction of sp³-hybridized carbons (Fsp3) is 0.846. The Morgan fingerprint density at radius 2 is 2.11 bits per heavy atom. The maximum atomic E-state index is 12.1. The molecule has 0 spiro atoms.